The van der Waals surface area contributed by atoms with Gasteiger partial charge in [-0.15, -0.1) is 10.2 Å². The highest BCUT2D eigenvalue weighted by atomic mass is 32.2. The second-order valence-electron chi connectivity index (χ2n) is 6.70. The molecule has 3 rings (SSSR count). The van der Waals surface area contributed by atoms with E-state index in [1.807, 2.05) is 19.1 Å². The van der Waals surface area contributed by atoms with E-state index in [0.29, 0.717) is 17.2 Å². The van der Waals surface area contributed by atoms with Crippen LogP contribution in [-0.2, 0) is 10.5 Å². The number of hydrogen-bond acceptors (Lipinski definition) is 9. The predicted molar refractivity (Wildman–Crippen MR) is 131 cm³/mol. The van der Waals surface area contributed by atoms with Crippen LogP contribution in [0.25, 0.3) is 0 Å². The van der Waals surface area contributed by atoms with Crippen LogP contribution in [0.5, 0.6) is 11.5 Å². The minimum absolute atomic E-state index is 0.208. The molecule has 10 heteroatoms. The van der Waals surface area contributed by atoms with E-state index in [9.17, 15) is 4.79 Å². The van der Waals surface area contributed by atoms with Gasteiger partial charge in [-0.25, -0.2) is 5.43 Å². The lowest BCUT2D eigenvalue weighted by Gasteiger charge is -2.09. The molecule has 0 atom stereocenters. The van der Waals surface area contributed by atoms with Crippen molar-refractivity contribution < 1.29 is 14.3 Å². The molecular formula is C22H24N4O3S3. The highest BCUT2D eigenvalue weighted by Gasteiger charge is 2.10. The molecule has 0 bridgehead atoms. The zero-order valence-electron chi connectivity index (χ0n) is 18.2. The Labute approximate surface area is 200 Å². The van der Waals surface area contributed by atoms with Crippen LogP contribution >= 0.6 is 34.9 Å². The van der Waals surface area contributed by atoms with E-state index in [4.69, 9.17) is 9.47 Å². The van der Waals surface area contributed by atoms with Crippen LogP contribution in [0.4, 0.5) is 0 Å². The lowest BCUT2D eigenvalue weighted by atomic mass is 10.1. The molecule has 1 amide bonds. The number of hydrazone groups is 1. The Kier molecular flexibility index (Phi) is 8.95. The molecule has 1 N–H and O–H groups in total. The summed E-state index contributed by atoms with van der Waals surface area (Å²) in [5, 5.41) is 12.5. The minimum Gasteiger partial charge on any atom is -0.493 e. The van der Waals surface area contributed by atoms with E-state index in [1.54, 1.807) is 32.0 Å². The molecule has 0 saturated heterocycles. The molecule has 0 saturated carbocycles. The van der Waals surface area contributed by atoms with E-state index in [-0.39, 0.29) is 11.7 Å². The van der Waals surface area contributed by atoms with Crippen LogP contribution in [0.15, 0.2) is 56.2 Å². The Hall–Kier alpha value is -2.56. The normalized spacial score (nSPS) is 11.3. The summed E-state index contributed by atoms with van der Waals surface area (Å²) in [5.41, 5.74) is 6.56. The lowest BCUT2D eigenvalue weighted by Crippen LogP contribution is -2.21. The van der Waals surface area contributed by atoms with Crippen molar-refractivity contribution in [3.8, 4) is 11.5 Å². The average molecular weight is 489 g/mol. The molecule has 0 fully saturated rings. The molecule has 2 aromatic carbocycles. The number of nitrogens with one attached hydrogen (secondary N) is 1. The summed E-state index contributed by atoms with van der Waals surface area (Å²) in [6.45, 7) is 3.89. The van der Waals surface area contributed by atoms with E-state index >= 15 is 0 Å². The molecule has 0 spiro atoms. The predicted octanol–water partition coefficient (Wildman–Crippen LogP) is 4.79. The van der Waals surface area contributed by atoms with E-state index in [1.165, 1.54) is 34.2 Å². The van der Waals surface area contributed by atoms with Gasteiger partial charge >= 0.3 is 0 Å². The monoisotopic (exact) mass is 488 g/mol. The van der Waals surface area contributed by atoms with Gasteiger partial charge in [-0.05, 0) is 37.6 Å². The first-order chi connectivity index (χ1) is 15.5. The number of hydrogen-bond donors (Lipinski definition) is 1. The largest absolute Gasteiger partial charge is 0.493 e. The smallest absolute Gasteiger partial charge is 0.250 e. The maximum atomic E-state index is 12.2. The van der Waals surface area contributed by atoms with Crippen molar-refractivity contribution in [3.63, 3.8) is 0 Å². The molecule has 168 valence electrons. The minimum atomic E-state index is -0.209. The molecule has 7 nitrogen and oxygen atoms in total. The van der Waals surface area contributed by atoms with Crippen molar-refractivity contribution in [1.82, 2.24) is 15.6 Å². The topological polar surface area (TPSA) is 85.7 Å². The van der Waals surface area contributed by atoms with Crippen LogP contribution in [0.1, 0.15) is 23.6 Å². The fourth-order valence-corrected chi connectivity index (χ4v) is 5.34. The number of carbonyl (C=O) groups is 1. The number of nitrogens with zero attached hydrogens (tertiary/aromatic N) is 3. The zero-order valence-corrected chi connectivity index (χ0v) is 20.7. The highest BCUT2D eigenvalue weighted by Crippen LogP contribution is 2.31. The summed E-state index contributed by atoms with van der Waals surface area (Å²) in [6.07, 6.45) is 0. The number of ether oxygens (including phenoxy) is 2. The molecule has 32 heavy (non-hydrogen) atoms. The number of aromatic nitrogens is 2. The van der Waals surface area contributed by atoms with Crippen LogP contribution in [-0.4, -0.2) is 41.8 Å². The van der Waals surface area contributed by atoms with Gasteiger partial charge in [0.25, 0.3) is 5.91 Å². The van der Waals surface area contributed by atoms with Crippen LogP contribution in [0.2, 0.25) is 0 Å². The van der Waals surface area contributed by atoms with Crippen molar-refractivity contribution in [2.75, 3.05) is 20.0 Å². The Morgan fingerprint density at radius 1 is 1.03 bits per heavy atom. The van der Waals surface area contributed by atoms with Gasteiger partial charge in [0.1, 0.15) is 0 Å². The first kappa shape index (κ1) is 24.1. The third-order valence-corrected chi connectivity index (χ3v) is 7.61. The number of aryl methyl sites for hydroxylation is 1. The van der Waals surface area contributed by atoms with Crippen molar-refractivity contribution in [2.24, 2.45) is 5.10 Å². The number of rotatable bonds is 10. The summed E-state index contributed by atoms with van der Waals surface area (Å²) in [7, 11) is 3.16. The molecule has 1 aromatic heterocycles. The summed E-state index contributed by atoms with van der Waals surface area (Å²) < 4.78 is 12.2. The molecule has 0 aliphatic carbocycles. The van der Waals surface area contributed by atoms with Crippen molar-refractivity contribution >= 4 is 46.5 Å². The summed E-state index contributed by atoms with van der Waals surface area (Å²) >= 11 is 4.48. The van der Waals surface area contributed by atoms with Crippen molar-refractivity contribution in [1.29, 1.82) is 0 Å². The van der Waals surface area contributed by atoms with Gasteiger partial charge in [0.15, 0.2) is 20.2 Å². The first-order valence-corrected chi connectivity index (χ1v) is 12.5. The maximum Gasteiger partial charge on any atom is 0.250 e. The van der Waals surface area contributed by atoms with Gasteiger partial charge in [-0.2, -0.15) is 5.10 Å². The second kappa shape index (κ2) is 11.9. The number of benzene rings is 2. The van der Waals surface area contributed by atoms with Gasteiger partial charge in [-0.3, -0.25) is 4.79 Å². The van der Waals surface area contributed by atoms with Crippen molar-refractivity contribution in [2.45, 2.75) is 28.3 Å². The SMILES string of the molecule is COc1ccc(/C(C)=N\NC(=O)CSc2nnc(SCc3ccc(C)cc3)s2)cc1OC. The van der Waals surface area contributed by atoms with E-state index < -0.39 is 0 Å². The average Bonchev–Trinajstić information content (AvgIpc) is 3.28. The Bertz CT molecular complexity index is 1080. The summed E-state index contributed by atoms with van der Waals surface area (Å²) in [5.74, 6) is 2.08. The quantitative estimate of drug-likeness (QED) is 0.249. The van der Waals surface area contributed by atoms with Crippen LogP contribution in [0.3, 0.4) is 0 Å². The molecular weight excluding hydrogens is 464 g/mol. The summed E-state index contributed by atoms with van der Waals surface area (Å²) in [4.78, 5) is 12.2. The van der Waals surface area contributed by atoms with Gasteiger partial charge in [0.2, 0.25) is 0 Å². The fourth-order valence-electron chi connectivity index (χ4n) is 2.57. The van der Waals surface area contributed by atoms with Crippen molar-refractivity contribution in [3.05, 3.63) is 59.2 Å². The molecule has 0 radical (unpaired) electrons. The van der Waals surface area contributed by atoms with Gasteiger partial charge in [0, 0.05) is 11.3 Å². The van der Waals surface area contributed by atoms with Gasteiger partial charge in [-0.1, -0.05) is 64.7 Å². The molecule has 0 aliphatic heterocycles. The number of thioether (sulfide) groups is 2. The molecule has 3 aromatic rings. The number of carbonyl (C=O) groups excluding carboxylic acids is 1. The zero-order chi connectivity index (χ0) is 22.9. The molecule has 0 unspecified atom stereocenters. The van der Waals surface area contributed by atoms with Gasteiger partial charge in [0.05, 0.1) is 25.7 Å². The molecule has 0 aliphatic rings. The Balaban J connectivity index is 1.47. The Morgan fingerprint density at radius 2 is 1.72 bits per heavy atom. The molecule has 1 heterocycles. The van der Waals surface area contributed by atoms with Crippen LogP contribution < -0.4 is 14.9 Å². The maximum absolute atomic E-state index is 12.2. The van der Waals surface area contributed by atoms with E-state index in [0.717, 1.165) is 20.0 Å². The third-order valence-electron chi connectivity index (χ3n) is 4.35. The summed E-state index contributed by atoms with van der Waals surface area (Å²) in [6, 6.07) is 13.9. The Morgan fingerprint density at radius 3 is 2.41 bits per heavy atom. The fraction of sp³-hybridized carbons (Fsp3) is 0.273. The van der Waals surface area contributed by atoms with Gasteiger partial charge < -0.3 is 9.47 Å². The first-order valence-electron chi connectivity index (χ1n) is 9.68. The highest BCUT2D eigenvalue weighted by molar-refractivity contribution is 8.03. The number of amides is 1. The number of methoxy groups -OCH3 is 2. The third kappa shape index (κ3) is 6.98. The lowest BCUT2D eigenvalue weighted by molar-refractivity contribution is -0.118. The standard InChI is InChI=1S/C22H24N4O3S3/c1-14-5-7-16(8-6-14)12-30-21-25-26-22(32-21)31-13-20(27)24-23-15(2)17-9-10-18(28-3)19(11-17)29-4/h5-11H,12-13H2,1-4H3,(H,24,27)/b23-15-. The second-order valence-corrected chi connectivity index (χ2v) is 10.1. The van der Waals surface area contributed by atoms with Crippen LogP contribution in [0, 0.1) is 6.92 Å². The van der Waals surface area contributed by atoms with E-state index in [2.05, 4.69) is 51.9 Å².